The summed E-state index contributed by atoms with van der Waals surface area (Å²) in [4.78, 5) is 40.9. The van der Waals surface area contributed by atoms with E-state index >= 15 is 0 Å². The molecule has 0 aromatic heterocycles. The summed E-state index contributed by atoms with van der Waals surface area (Å²) in [6.07, 6.45) is -0.254. The van der Waals surface area contributed by atoms with Crippen LogP contribution in [0.15, 0.2) is 121 Å². The molecule has 0 spiro atoms. The number of hydrogen-bond donors (Lipinski definition) is 1. The van der Waals surface area contributed by atoms with Crippen molar-refractivity contribution in [1.29, 1.82) is 0 Å². The molecule has 0 fully saturated rings. The zero-order valence-corrected chi connectivity index (χ0v) is 26.3. The summed E-state index contributed by atoms with van der Waals surface area (Å²) in [5.41, 5.74) is 1.43. The molecule has 7 heteroatoms. The van der Waals surface area contributed by atoms with E-state index in [2.05, 4.69) is 5.32 Å². The topological polar surface area (TPSA) is 90.9 Å². The first-order chi connectivity index (χ1) is 21.6. The van der Waals surface area contributed by atoms with Crippen molar-refractivity contribution in [2.75, 3.05) is 6.61 Å². The van der Waals surface area contributed by atoms with Crippen molar-refractivity contribution < 1.29 is 28.6 Å². The average Bonchev–Trinajstić information content (AvgIpc) is 3.05. The first kappa shape index (κ1) is 33.1. The molecule has 0 saturated heterocycles. The number of carbonyl (C=O) groups excluding carboxylic acids is 3. The normalized spacial score (nSPS) is 12.9. The van der Waals surface area contributed by atoms with Crippen molar-refractivity contribution >= 4 is 17.9 Å². The summed E-state index contributed by atoms with van der Waals surface area (Å²) >= 11 is 0. The molecule has 4 aromatic rings. The molecule has 1 N–H and O–H groups in total. The first-order valence-electron chi connectivity index (χ1n) is 15.2. The van der Waals surface area contributed by atoms with Crippen molar-refractivity contribution in [3.8, 4) is 0 Å². The lowest BCUT2D eigenvalue weighted by molar-refractivity contribution is -0.170. The Morgan fingerprint density at radius 2 is 1.07 bits per heavy atom. The van der Waals surface area contributed by atoms with Gasteiger partial charge in [-0.15, -0.1) is 0 Å². The minimum atomic E-state index is -1.38. The molecule has 4 rings (SSSR count). The Kier molecular flexibility index (Phi) is 11.3. The zero-order valence-electron chi connectivity index (χ0n) is 26.3. The van der Waals surface area contributed by atoms with Gasteiger partial charge in [0.1, 0.15) is 18.2 Å². The van der Waals surface area contributed by atoms with Crippen LogP contribution >= 0.6 is 0 Å². The van der Waals surface area contributed by atoms with E-state index in [1.54, 1.807) is 27.7 Å². The molecule has 0 aliphatic heterocycles. The van der Waals surface area contributed by atoms with Gasteiger partial charge in [0.25, 0.3) is 0 Å². The predicted molar refractivity (Wildman–Crippen MR) is 173 cm³/mol. The fourth-order valence-corrected chi connectivity index (χ4v) is 5.26. The quantitative estimate of drug-likeness (QED) is 0.0794. The summed E-state index contributed by atoms with van der Waals surface area (Å²) in [6, 6.07) is 37.5. The van der Waals surface area contributed by atoms with Gasteiger partial charge in [-0.2, -0.15) is 0 Å². The smallest absolute Gasteiger partial charge is 0.323 e. The number of hydrogen-bond acceptors (Lipinski definition) is 7. The molecule has 234 valence electrons. The molecular weight excluding hydrogens is 566 g/mol. The highest BCUT2D eigenvalue weighted by Gasteiger charge is 2.44. The fraction of sp³-hybridized carbons (Fsp3) is 0.289. The number of nitrogens with one attached hydrogen (secondary N) is 1. The Morgan fingerprint density at radius 1 is 0.622 bits per heavy atom. The second-order valence-electron chi connectivity index (χ2n) is 11.7. The van der Waals surface area contributed by atoms with Gasteiger partial charge in [-0.25, -0.2) is 0 Å². The van der Waals surface area contributed by atoms with Crippen molar-refractivity contribution in [2.24, 2.45) is 5.92 Å². The Morgan fingerprint density at radius 3 is 1.49 bits per heavy atom. The summed E-state index contributed by atoms with van der Waals surface area (Å²) < 4.78 is 16.8. The van der Waals surface area contributed by atoms with E-state index < -0.39 is 41.0 Å². The molecule has 1 unspecified atom stereocenters. The standard InChI is InChI=1S/C38H41NO6/c1-5-43-34(40)32(35(41)45-37(2,3)4)26-33(36(42)44-27-28-18-10-6-11-19-28)39-38(29-20-12-7-13-21-29,30-22-14-8-15-23-30)31-24-16-9-17-25-31/h6-25,32-33,39H,5,26-27H2,1-4H3/t32?,33-/m0/s1. The van der Waals surface area contributed by atoms with Crippen LogP contribution in [-0.2, 0) is 40.7 Å². The minimum absolute atomic E-state index is 0.0172. The van der Waals surface area contributed by atoms with Crippen LogP contribution in [-0.4, -0.2) is 36.2 Å². The van der Waals surface area contributed by atoms with Gasteiger partial charge in [0.15, 0.2) is 5.92 Å². The van der Waals surface area contributed by atoms with E-state index in [0.717, 1.165) is 22.3 Å². The van der Waals surface area contributed by atoms with Crippen LogP contribution in [0.25, 0.3) is 0 Å². The molecule has 0 amide bonds. The molecule has 0 radical (unpaired) electrons. The molecule has 0 aliphatic rings. The minimum Gasteiger partial charge on any atom is -0.465 e. The Hall–Kier alpha value is -4.75. The zero-order chi connectivity index (χ0) is 32.3. The van der Waals surface area contributed by atoms with Crippen molar-refractivity contribution in [1.82, 2.24) is 5.32 Å². The van der Waals surface area contributed by atoms with Gasteiger partial charge in [-0.3, -0.25) is 19.7 Å². The third-order valence-electron chi connectivity index (χ3n) is 7.25. The summed E-state index contributed by atoms with van der Waals surface area (Å²) in [5, 5.41) is 3.61. The lowest BCUT2D eigenvalue weighted by atomic mass is 9.76. The molecule has 4 aromatic carbocycles. The number of ether oxygens (including phenoxy) is 3. The third-order valence-corrected chi connectivity index (χ3v) is 7.25. The van der Waals surface area contributed by atoms with Gasteiger partial charge in [0.2, 0.25) is 0 Å². The van der Waals surface area contributed by atoms with Crippen LogP contribution in [0.1, 0.15) is 56.4 Å². The van der Waals surface area contributed by atoms with Crippen LogP contribution < -0.4 is 5.32 Å². The maximum Gasteiger partial charge on any atom is 0.323 e. The summed E-state index contributed by atoms with van der Waals surface area (Å²) in [7, 11) is 0. The SMILES string of the molecule is CCOC(=O)C(C[C@H](NC(c1ccccc1)(c1ccccc1)c1ccccc1)C(=O)OCc1ccccc1)C(=O)OC(C)(C)C. The Bertz CT molecular complexity index is 1420. The van der Waals surface area contributed by atoms with E-state index in [1.807, 2.05) is 121 Å². The molecular formula is C38H41NO6. The second-order valence-corrected chi connectivity index (χ2v) is 11.7. The van der Waals surface area contributed by atoms with Crippen LogP contribution in [0.5, 0.6) is 0 Å². The number of rotatable bonds is 13. The van der Waals surface area contributed by atoms with E-state index in [0.29, 0.717) is 0 Å². The van der Waals surface area contributed by atoms with Crippen LogP contribution in [0.2, 0.25) is 0 Å². The number of carbonyl (C=O) groups is 3. The van der Waals surface area contributed by atoms with Crippen molar-refractivity contribution in [3.63, 3.8) is 0 Å². The molecule has 7 nitrogen and oxygen atoms in total. The highest BCUT2D eigenvalue weighted by atomic mass is 16.6. The molecule has 0 aliphatic carbocycles. The predicted octanol–water partition coefficient (Wildman–Crippen LogP) is 6.59. The van der Waals surface area contributed by atoms with Gasteiger partial charge < -0.3 is 14.2 Å². The Labute approximate surface area is 265 Å². The van der Waals surface area contributed by atoms with E-state index in [4.69, 9.17) is 14.2 Å². The van der Waals surface area contributed by atoms with Gasteiger partial charge in [-0.1, -0.05) is 121 Å². The number of esters is 3. The van der Waals surface area contributed by atoms with E-state index in [9.17, 15) is 14.4 Å². The van der Waals surface area contributed by atoms with E-state index in [1.165, 1.54) is 0 Å². The second kappa shape index (κ2) is 15.3. The molecule has 0 saturated carbocycles. The van der Waals surface area contributed by atoms with Gasteiger partial charge in [0.05, 0.1) is 12.1 Å². The molecule has 0 heterocycles. The lowest BCUT2D eigenvalue weighted by Gasteiger charge is -2.40. The maximum absolute atomic E-state index is 14.1. The van der Waals surface area contributed by atoms with Gasteiger partial charge >= 0.3 is 17.9 Å². The third kappa shape index (κ3) is 8.67. The summed E-state index contributed by atoms with van der Waals surface area (Å²) in [5.74, 6) is -3.54. The highest BCUT2D eigenvalue weighted by Crippen LogP contribution is 2.38. The van der Waals surface area contributed by atoms with Crippen LogP contribution in [0.4, 0.5) is 0 Å². The van der Waals surface area contributed by atoms with Crippen molar-refractivity contribution in [2.45, 2.75) is 57.9 Å². The van der Waals surface area contributed by atoms with Crippen molar-refractivity contribution in [3.05, 3.63) is 144 Å². The van der Waals surface area contributed by atoms with Gasteiger partial charge in [0, 0.05) is 0 Å². The molecule has 45 heavy (non-hydrogen) atoms. The fourth-order valence-electron chi connectivity index (χ4n) is 5.26. The van der Waals surface area contributed by atoms with Crippen LogP contribution in [0, 0.1) is 5.92 Å². The average molecular weight is 608 g/mol. The van der Waals surface area contributed by atoms with Gasteiger partial charge in [-0.05, 0) is 56.4 Å². The molecule has 0 bridgehead atoms. The largest absolute Gasteiger partial charge is 0.465 e. The Balaban J connectivity index is 1.86. The van der Waals surface area contributed by atoms with Crippen LogP contribution in [0.3, 0.4) is 0 Å². The van der Waals surface area contributed by atoms with E-state index in [-0.39, 0.29) is 19.6 Å². The summed E-state index contributed by atoms with van der Waals surface area (Å²) in [6.45, 7) is 6.92. The number of benzene rings is 4. The maximum atomic E-state index is 14.1. The molecule has 2 atom stereocenters. The lowest BCUT2D eigenvalue weighted by Crippen LogP contribution is -2.54. The first-order valence-corrected chi connectivity index (χ1v) is 15.2. The highest BCUT2D eigenvalue weighted by molar-refractivity contribution is 5.96. The monoisotopic (exact) mass is 607 g/mol.